The maximum atomic E-state index is 14.0. The highest BCUT2D eigenvalue weighted by atomic mass is 32.2. The molecule has 3 aromatic carbocycles. The number of amides is 2. The van der Waals surface area contributed by atoms with Crippen molar-refractivity contribution in [2.24, 2.45) is 5.92 Å². The Morgan fingerprint density at radius 3 is 2.23 bits per heavy atom. The summed E-state index contributed by atoms with van der Waals surface area (Å²) >= 11 is 0. The lowest BCUT2D eigenvalue weighted by Gasteiger charge is -2.32. The molecule has 0 saturated heterocycles. The fourth-order valence-corrected chi connectivity index (χ4v) is 5.54. The molecular weight excluding hydrogens is 526 g/mol. The van der Waals surface area contributed by atoms with Gasteiger partial charge in [0.05, 0.1) is 17.7 Å². The number of ether oxygens (including phenoxy) is 1. The molecule has 0 heterocycles. The highest BCUT2D eigenvalue weighted by Gasteiger charge is 2.33. The highest BCUT2D eigenvalue weighted by molar-refractivity contribution is 7.92. The van der Waals surface area contributed by atoms with Crippen LogP contribution in [0.25, 0.3) is 0 Å². The third-order valence-electron chi connectivity index (χ3n) is 6.68. The predicted molar refractivity (Wildman–Crippen MR) is 158 cm³/mol. The molecule has 9 heteroatoms. The van der Waals surface area contributed by atoms with Crippen LogP contribution >= 0.6 is 0 Å². The Hall–Kier alpha value is -3.85. The molecule has 0 bridgehead atoms. The zero-order valence-electron chi connectivity index (χ0n) is 24.0. The number of aryl methyl sites for hydroxylation is 2. The van der Waals surface area contributed by atoms with Crippen molar-refractivity contribution in [3.8, 4) is 5.75 Å². The van der Waals surface area contributed by atoms with Crippen LogP contribution in [0.5, 0.6) is 5.75 Å². The van der Waals surface area contributed by atoms with Gasteiger partial charge in [0, 0.05) is 19.2 Å². The molecule has 0 aliphatic heterocycles. The van der Waals surface area contributed by atoms with Gasteiger partial charge < -0.3 is 15.0 Å². The Labute approximate surface area is 238 Å². The van der Waals surface area contributed by atoms with E-state index in [0.29, 0.717) is 12.3 Å². The molecule has 0 saturated carbocycles. The molecule has 3 rings (SSSR count). The van der Waals surface area contributed by atoms with Crippen LogP contribution < -0.4 is 14.4 Å². The second-order valence-electron chi connectivity index (χ2n) is 10.3. The van der Waals surface area contributed by atoms with Gasteiger partial charge in [-0.15, -0.1) is 0 Å². The average molecular weight is 566 g/mol. The summed E-state index contributed by atoms with van der Waals surface area (Å²) in [6.07, 6.45) is 0. The Balaban J connectivity index is 2.04. The summed E-state index contributed by atoms with van der Waals surface area (Å²) < 4.78 is 34.3. The van der Waals surface area contributed by atoms with E-state index in [1.807, 2.05) is 52.0 Å². The summed E-state index contributed by atoms with van der Waals surface area (Å²) in [5.41, 5.74) is 3.02. The van der Waals surface area contributed by atoms with E-state index in [1.54, 1.807) is 43.3 Å². The monoisotopic (exact) mass is 565 g/mol. The van der Waals surface area contributed by atoms with Crippen LogP contribution in [0.3, 0.4) is 0 Å². The number of carbonyl (C=O) groups excluding carboxylic acids is 2. The first-order valence-electron chi connectivity index (χ1n) is 13.3. The summed E-state index contributed by atoms with van der Waals surface area (Å²) in [7, 11) is -2.65. The van der Waals surface area contributed by atoms with E-state index in [9.17, 15) is 18.0 Å². The number of hydrogen-bond donors (Lipinski definition) is 1. The third kappa shape index (κ3) is 7.63. The Morgan fingerprint density at radius 2 is 1.60 bits per heavy atom. The number of nitrogens with zero attached hydrogens (tertiary/aromatic N) is 2. The van der Waals surface area contributed by atoms with Gasteiger partial charge in [0.25, 0.3) is 10.0 Å². The third-order valence-corrected chi connectivity index (χ3v) is 8.47. The minimum Gasteiger partial charge on any atom is -0.497 e. The topological polar surface area (TPSA) is 96.0 Å². The standard InChI is InChI=1S/C31H39N3O5S/c1-22(2)19-32-31(36)25(5)33(20-26-11-8-7-10-24(26)4)30(35)21-34(27-12-9-13-28(18-27)39-6)40(37,38)29-16-14-23(3)15-17-29/h7-18,22,25H,19-21H2,1-6H3,(H,32,36). The maximum Gasteiger partial charge on any atom is 0.264 e. The number of nitrogens with one attached hydrogen (secondary N) is 1. The molecule has 0 aliphatic carbocycles. The van der Waals surface area contributed by atoms with Crippen molar-refractivity contribution in [3.63, 3.8) is 0 Å². The van der Waals surface area contributed by atoms with Crippen LogP contribution in [-0.4, -0.2) is 51.4 Å². The Kier molecular flexibility index (Phi) is 10.3. The minimum absolute atomic E-state index is 0.0573. The van der Waals surface area contributed by atoms with Gasteiger partial charge in [-0.3, -0.25) is 13.9 Å². The first-order valence-corrected chi connectivity index (χ1v) is 14.7. The molecule has 3 aromatic rings. The number of rotatable bonds is 12. The van der Waals surface area contributed by atoms with Gasteiger partial charge >= 0.3 is 0 Å². The van der Waals surface area contributed by atoms with E-state index in [4.69, 9.17) is 4.74 Å². The van der Waals surface area contributed by atoms with Gasteiger partial charge in [0.15, 0.2) is 0 Å². The molecular formula is C31H39N3O5S. The number of anilines is 1. The number of sulfonamides is 1. The summed E-state index contributed by atoms with van der Waals surface area (Å²) in [6.45, 7) is 9.56. The Morgan fingerprint density at radius 1 is 0.925 bits per heavy atom. The fraction of sp³-hybridized carbons (Fsp3) is 0.355. The summed E-state index contributed by atoms with van der Waals surface area (Å²) in [5.74, 6) is -0.119. The smallest absolute Gasteiger partial charge is 0.264 e. The lowest BCUT2D eigenvalue weighted by atomic mass is 10.1. The molecule has 0 spiro atoms. The van der Waals surface area contributed by atoms with Gasteiger partial charge in [0.2, 0.25) is 11.8 Å². The lowest BCUT2D eigenvalue weighted by molar-refractivity contribution is -0.139. The van der Waals surface area contributed by atoms with Crippen molar-refractivity contribution in [1.82, 2.24) is 10.2 Å². The second-order valence-corrected chi connectivity index (χ2v) is 12.2. The summed E-state index contributed by atoms with van der Waals surface area (Å²) in [4.78, 5) is 28.6. The molecule has 2 amide bonds. The van der Waals surface area contributed by atoms with Gasteiger partial charge in [-0.05, 0) is 62.1 Å². The number of carbonyl (C=O) groups is 2. The van der Waals surface area contributed by atoms with E-state index >= 15 is 0 Å². The summed E-state index contributed by atoms with van der Waals surface area (Å²) in [6, 6.07) is 19.8. The van der Waals surface area contributed by atoms with Crippen molar-refractivity contribution in [2.45, 2.75) is 52.1 Å². The van der Waals surface area contributed by atoms with E-state index in [0.717, 1.165) is 21.0 Å². The SMILES string of the molecule is COc1cccc(N(CC(=O)N(Cc2ccccc2C)C(C)C(=O)NCC(C)C)S(=O)(=O)c2ccc(C)cc2)c1. The normalized spacial score (nSPS) is 12.1. The first kappa shape index (κ1) is 30.7. The maximum absolute atomic E-state index is 14.0. The molecule has 0 aromatic heterocycles. The summed E-state index contributed by atoms with van der Waals surface area (Å²) in [5, 5.41) is 2.90. The second kappa shape index (κ2) is 13.5. The minimum atomic E-state index is -4.14. The molecule has 0 aliphatic rings. The number of benzene rings is 3. The van der Waals surface area contributed by atoms with Crippen LogP contribution in [0.2, 0.25) is 0 Å². The van der Waals surface area contributed by atoms with Gasteiger partial charge in [-0.25, -0.2) is 8.42 Å². The van der Waals surface area contributed by atoms with Gasteiger partial charge in [-0.1, -0.05) is 61.9 Å². The molecule has 40 heavy (non-hydrogen) atoms. The van der Waals surface area contributed by atoms with Crippen molar-refractivity contribution in [2.75, 3.05) is 24.5 Å². The Bertz CT molecular complexity index is 1420. The first-order chi connectivity index (χ1) is 18.9. The molecule has 1 unspecified atom stereocenters. The van der Waals surface area contributed by atoms with Gasteiger partial charge in [0.1, 0.15) is 18.3 Å². The zero-order valence-corrected chi connectivity index (χ0v) is 24.9. The van der Waals surface area contributed by atoms with E-state index < -0.39 is 28.5 Å². The van der Waals surface area contributed by atoms with Crippen molar-refractivity contribution in [1.29, 1.82) is 0 Å². The van der Waals surface area contributed by atoms with Crippen molar-refractivity contribution in [3.05, 3.63) is 89.5 Å². The molecule has 214 valence electrons. The quantitative estimate of drug-likeness (QED) is 0.344. The lowest BCUT2D eigenvalue weighted by Crippen LogP contribution is -2.51. The molecule has 1 atom stereocenters. The molecule has 1 N–H and O–H groups in total. The average Bonchev–Trinajstić information content (AvgIpc) is 2.93. The molecule has 8 nitrogen and oxygen atoms in total. The van der Waals surface area contributed by atoms with Crippen molar-refractivity contribution >= 4 is 27.5 Å². The van der Waals surface area contributed by atoms with E-state index in [1.165, 1.54) is 24.1 Å². The molecule has 0 radical (unpaired) electrons. The van der Waals surface area contributed by atoms with Crippen LogP contribution in [0.15, 0.2) is 77.7 Å². The van der Waals surface area contributed by atoms with E-state index in [-0.39, 0.29) is 29.0 Å². The molecule has 0 fully saturated rings. The van der Waals surface area contributed by atoms with Crippen LogP contribution in [0.4, 0.5) is 5.69 Å². The predicted octanol–water partition coefficient (Wildman–Crippen LogP) is 4.70. The zero-order chi connectivity index (χ0) is 29.4. The number of hydrogen-bond acceptors (Lipinski definition) is 5. The largest absolute Gasteiger partial charge is 0.497 e. The van der Waals surface area contributed by atoms with Crippen LogP contribution in [0.1, 0.15) is 37.5 Å². The van der Waals surface area contributed by atoms with Crippen molar-refractivity contribution < 1.29 is 22.7 Å². The fourth-order valence-electron chi connectivity index (χ4n) is 4.14. The highest BCUT2D eigenvalue weighted by Crippen LogP contribution is 2.28. The number of methoxy groups -OCH3 is 1. The van der Waals surface area contributed by atoms with Gasteiger partial charge in [-0.2, -0.15) is 0 Å². The van der Waals surface area contributed by atoms with Crippen LogP contribution in [-0.2, 0) is 26.2 Å². The van der Waals surface area contributed by atoms with Crippen LogP contribution in [0, 0.1) is 19.8 Å². The van der Waals surface area contributed by atoms with E-state index in [2.05, 4.69) is 5.32 Å².